The van der Waals surface area contributed by atoms with E-state index in [2.05, 4.69) is 38.2 Å². The van der Waals surface area contributed by atoms with Crippen molar-refractivity contribution >= 4 is 5.97 Å². The van der Waals surface area contributed by atoms with Crippen molar-refractivity contribution in [2.24, 2.45) is 0 Å². The first-order valence-corrected chi connectivity index (χ1v) is 12.5. The topological polar surface area (TPSA) is 87.0 Å². The first-order chi connectivity index (χ1) is 15.1. The first kappa shape index (κ1) is 32.0. The SMILES string of the molecule is CCCCC/C=C\C/C=C\CCCCCCCC(=O)O.CCCCCOCC(O)CO. The quantitative estimate of drug-likeness (QED) is 0.141. The molecule has 5 heteroatoms. The number of carboxylic acid groups (broad SMARTS) is 1. The molecule has 0 spiro atoms. The van der Waals surface area contributed by atoms with Crippen LogP contribution in [0.3, 0.4) is 0 Å². The third-order valence-corrected chi connectivity index (χ3v) is 4.75. The number of carboxylic acids is 1. The fourth-order valence-corrected chi connectivity index (χ4v) is 2.81. The van der Waals surface area contributed by atoms with Crippen LogP contribution in [-0.4, -0.2) is 47.2 Å². The van der Waals surface area contributed by atoms with Crippen LogP contribution >= 0.6 is 0 Å². The predicted octanol–water partition coefficient (Wildman–Crippen LogP) is 6.43. The molecule has 0 bridgehead atoms. The Morgan fingerprint density at radius 1 is 0.806 bits per heavy atom. The summed E-state index contributed by atoms with van der Waals surface area (Å²) in [6.07, 6.45) is 24.9. The van der Waals surface area contributed by atoms with Crippen LogP contribution in [-0.2, 0) is 9.53 Å². The molecule has 5 nitrogen and oxygen atoms in total. The van der Waals surface area contributed by atoms with Gasteiger partial charge in [0.2, 0.25) is 0 Å². The lowest BCUT2D eigenvalue weighted by atomic mass is 10.1. The van der Waals surface area contributed by atoms with Gasteiger partial charge in [-0.25, -0.2) is 0 Å². The third-order valence-electron chi connectivity index (χ3n) is 4.75. The summed E-state index contributed by atoms with van der Waals surface area (Å²) in [6.45, 7) is 5.08. The number of rotatable bonds is 21. The van der Waals surface area contributed by atoms with Crippen LogP contribution < -0.4 is 0 Å². The lowest BCUT2D eigenvalue weighted by molar-refractivity contribution is -0.137. The molecule has 3 N–H and O–H groups in total. The summed E-state index contributed by atoms with van der Waals surface area (Å²) in [4.78, 5) is 10.3. The number of aliphatic hydroxyl groups excluding tert-OH is 2. The zero-order valence-corrected chi connectivity index (χ0v) is 20.3. The summed E-state index contributed by atoms with van der Waals surface area (Å²) in [5.41, 5.74) is 0. The molecule has 0 aromatic carbocycles. The maximum atomic E-state index is 10.3. The lowest BCUT2D eigenvalue weighted by Gasteiger charge is -2.07. The number of hydrogen-bond donors (Lipinski definition) is 3. The predicted molar refractivity (Wildman–Crippen MR) is 130 cm³/mol. The molecule has 0 saturated heterocycles. The van der Waals surface area contributed by atoms with Crippen LogP contribution in [0.4, 0.5) is 0 Å². The van der Waals surface area contributed by atoms with Crippen molar-refractivity contribution in [1.29, 1.82) is 0 Å². The van der Waals surface area contributed by atoms with Crippen LogP contribution in [0.1, 0.15) is 110 Å². The minimum atomic E-state index is -0.711. The summed E-state index contributed by atoms with van der Waals surface area (Å²) in [7, 11) is 0. The average molecular weight is 443 g/mol. The second-order valence-corrected chi connectivity index (χ2v) is 7.99. The first-order valence-electron chi connectivity index (χ1n) is 12.5. The van der Waals surface area contributed by atoms with E-state index in [1.165, 1.54) is 51.4 Å². The summed E-state index contributed by atoms with van der Waals surface area (Å²) in [5, 5.41) is 25.7. The highest BCUT2D eigenvalue weighted by atomic mass is 16.5. The Morgan fingerprint density at radius 3 is 1.94 bits per heavy atom. The highest BCUT2D eigenvalue weighted by Gasteiger charge is 2.00. The Balaban J connectivity index is 0. The summed E-state index contributed by atoms with van der Waals surface area (Å²) < 4.78 is 5.08. The van der Waals surface area contributed by atoms with Gasteiger partial charge < -0.3 is 20.1 Å². The van der Waals surface area contributed by atoms with E-state index in [9.17, 15) is 4.79 Å². The second kappa shape index (κ2) is 28.8. The maximum absolute atomic E-state index is 10.3. The van der Waals surface area contributed by atoms with E-state index in [0.717, 1.165) is 38.5 Å². The largest absolute Gasteiger partial charge is 0.481 e. The van der Waals surface area contributed by atoms with Gasteiger partial charge in [0, 0.05) is 13.0 Å². The van der Waals surface area contributed by atoms with Crippen LogP contribution in [0.5, 0.6) is 0 Å². The van der Waals surface area contributed by atoms with Crippen LogP contribution in [0.25, 0.3) is 0 Å². The molecule has 31 heavy (non-hydrogen) atoms. The van der Waals surface area contributed by atoms with Crippen molar-refractivity contribution < 1.29 is 24.9 Å². The average Bonchev–Trinajstić information content (AvgIpc) is 2.76. The molecule has 0 aliphatic heterocycles. The summed E-state index contributed by atoms with van der Waals surface area (Å²) in [5.74, 6) is -0.671. The fourth-order valence-electron chi connectivity index (χ4n) is 2.81. The number of aliphatic hydroxyl groups is 2. The van der Waals surface area contributed by atoms with Crippen molar-refractivity contribution in [3.8, 4) is 0 Å². The molecular formula is C26H50O5. The molecule has 0 saturated carbocycles. The van der Waals surface area contributed by atoms with Gasteiger partial charge >= 0.3 is 5.97 Å². The van der Waals surface area contributed by atoms with Gasteiger partial charge in [0.25, 0.3) is 0 Å². The normalized spacial score (nSPS) is 12.3. The summed E-state index contributed by atoms with van der Waals surface area (Å²) in [6, 6.07) is 0. The van der Waals surface area contributed by atoms with Crippen molar-refractivity contribution in [3.63, 3.8) is 0 Å². The maximum Gasteiger partial charge on any atom is 0.303 e. The van der Waals surface area contributed by atoms with Gasteiger partial charge in [-0.1, -0.05) is 83.1 Å². The molecule has 0 rings (SSSR count). The van der Waals surface area contributed by atoms with Gasteiger partial charge in [0.1, 0.15) is 6.10 Å². The smallest absolute Gasteiger partial charge is 0.303 e. The molecule has 0 amide bonds. The van der Waals surface area contributed by atoms with Gasteiger partial charge in [-0.3, -0.25) is 4.79 Å². The minimum Gasteiger partial charge on any atom is -0.481 e. The Hall–Kier alpha value is -1.17. The van der Waals surface area contributed by atoms with Crippen LogP contribution in [0.15, 0.2) is 24.3 Å². The summed E-state index contributed by atoms with van der Waals surface area (Å²) >= 11 is 0. The Bertz CT molecular complexity index is 407. The van der Waals surface area contributed by atoms with Crippen molar-refractivity contribution in [2.45, 2.75) is 116 Å². The van der Waals surface area contributed by atoms with E-state index >= 15 is 0 Å². The Morgan fingerprint density at radius 2 is 1.35 bits per heavy atom. The van der Waals surface area contributed by atoms with E-state index in [0.29, 0.717) is 13.0 Å². The van der Waals surface area contributed by atoms with E-state index < -0.39 is 12.1 Å². The molecule has 1 atom stereocenters. The highest BCUT2D eigenvalue weighted by molar-refractivity contribution is 5.66. The standard InChI is InChI=1S/C18H32O2.C8H18O3/c1-2-3-4-5-6-7-8-9-10-11-12-13-14-15-16-17-18(19)20;1-2-3-4-5-11-7-8(10)6-9/h6-7,9-10H,2-5,8,11-17H2,1H3,(H,19,20);8-10H,2-7H2,1H3/b7-6-,10-9-;. The van der Waals surface area contributed by atoms with E-state index in [-0.39, 0.29) is 13.2 Å². The van der Waals surface area contributed by atoms with Crippen molar-refractivity contribution in [2.75, 3.05) is 19.8 Å². The number of ether oxygens (including phenoxy) is 1. The highest BCUT2D eigenvalue weighted by Crippen LogP contribution is 2.08. The number of unbranched alkanes of at least 4 members (excludes halogenated alkanes) is 10. The van der Waals surface area contributed by atoms with E-state index in [4.69, 9.17) is 20.1 Å². The van der Waals surface area contributed by atoms with Crippen LogP contribution in [0, 0.1) is 0 Å². The van der Waals surface area contributed by atoms with Gasteiger partial charge in [0.05, 0.1) is 13.2 Å². The van der Waals surface area contributed by atoms with Gasteiger partial charge in [-0.15, -0.1) is 0 Å². The Labute approximate surface area is 191 Å². The zero-order chi connectivity index (χ0) is 23.4. The molecule has 0 aromatic heterocycles. The number of carbonyl (C=O) groups is 1. The fraction of sp³-hybridized carbons (Fsp3) is 0.808. The molecule has 184 valence electrons. The monoisotopic (exact) mass is 442 g/mol. The lowest BCUT2D eigenvalue weighted by Crippen LogP contribution is -2.19. The zero-order valence-electron chi connectivity index (χ0n) is 20.3. The molecule has 0 fully saturated rings. The van der Waals surface area contributed by atoms with E-state index in [1.54, 1.807) is 0 Å². The molecular weight excluding hydrogens is 392 g/mol. The molecule has 0 aliphatic rings. The third kappa shape index (κ3) is 33.7. The molecule has 0 aromatic rings. The van der Waals surface area contributed by atoms with Gasteiger partial charge in [0.15, 0.2) is 0 Å². The minimum absolute atomic E-state index is 0.215. The molecule has 0 radical (unpaired) electrons. The number of aliphatic carboxylic acids is 1. The van der Waals surface area contributed by atoms with E-state index in [1.807, 2.05) is 0 Å². The molecule has 0 aliphatic carbocycles. The van der Waals surface area contributed by atoms with Gasteiger partial charge in [-0.2, -0.15) is 0 Å². The Kier molecular flexibility index (Phi) is 29.8. The molecule has 1 unspecified atom stereocenters. The number of hydrogen-bond acceptors (Lipinski definition) is 4. The van der Waals surface area contributed by atoms with Gasteiger partial charge in [-0.05, 0) is 44.9 Å². The van der Waals surface area contributed by atoms with Crippen LogP contribution in [0.2, 0.25) is 0 Å². The van der Waals surface area contributed by atoms with Crippen molar-refractivity contribution in [3.05, 3.63) is 24.3 Å². The molecule has 0 heterocycles. The second-order valence-electron chi connectivity index (χ2n) is 7.99. The number of allylic oxidation sites excluding steroid dienone is 4. The van der Waals surface area contributed by atoms with Crippen molar-refractivity contribution in [1.82, 2.24) is 0 Å².